The molecular formula is C18H27NO4. The molecule has 0 spiro atoms. The molecule has 1 amide bonds. The summed E-state index contributed by atoms with van der Waals surface area (Å²) in [5.74, 6) is 1.22. The molecule has 0 aromatic heterocycles. The summed E-state index contributed by atoms with van der Waals surface area (Å²) in [5.41, 5.74) is 0.163. The lowest BCUT2D eigenvalue weighted by Gasteiger charge is -2.27. The number of benzene rings is 1. The Morgan fingerprint density at radius 1 is 1.17 bits per heavy atom. The fraction of sp³-hybridized carbons (Fsp3) is 0.611. The topological polar surface area (TPSA) is 67.8 Å². The van der Waals surface area contributed by atoms with Gasteiger partial charge in [0.05, 0.1) is 6.10 Å². The summed E-state index contributed by atoms with van der Waals surface area (Å²) in [6, 6.07) is 7.31. The summed E-state index contributed by atoms with van der Waals surface area (Å²) < 4.78 is 11.2. The first-order chi connectivity index (χ1) is 10.9. The van der Waals surface area contributed by atoms with Crippen LogP contribution in [0.4, 0.5) is 10.5 Å². The zero-order valence-electron chi connectivity index (χ0n) is 14.2. The molecule has 1 aliphatic carbocycles. The van der Waals surface area contributed by atoms with Crippen molar-refractivity contribution < 1.29 is 19.4 Å². The number of ether oxygens (including phenoxy) is 2. The third-order valence-electron chi connectivity index (χ3n) is 3.85. The van der Waals surface area contributed by atoms with E-state index < -0.39 is 11.7 Å². The van der Waals surface area contributed by atoms with Crippen molar-refractivity contribution in [2.45, 2.75) is 58.2 Å². The highest BCUT2D eigenvalue weighted by Gasteiger charge is 2.22. The minimum absolute atomic E-state index is 0.211. The summed E-state index contributed by atoms with van der Waals surface area (Å²) in [7, 11) is 0. The Bertz CT molecular complexity index is 499. The van der Waals surface area contributed by atoms with Crippen LogP contribution in [0.3, 0.4) is 0 Å². The van der Waals surface area contributed by atoms with Crippen LogP contribution >= 0.6 is 0 Å². The van der Waals surface area contributed by atoms with Crippen molar-refractivity contribution in [1.29, 1.82) is 0 Å². The SMILES string of the molecule is CC(C)(C)OC(=O)Nc1ccc(OC2CCC(CO)CC2)cc1. The molecule has 0 unspecified atom stereocenters. The number of aliphatic hydroxyl groups is 1. The normalized spacial score (nSPS) is 21.6. The van der Waals surface area contributed by atoms with Gasteiger partial charge < -0.3 is 14.6 Å². The molecule has 128 valence electrons. The molecule has 0 aliphatic heterocycles. The Hall–Kier alpha value is -1.75. The third-order valence-corrected chi connectivity index (χ3v) is 3.85. The van der Waals surface area contributed by atoms with Crippen molar-refractivity contribution in [3.8, 4) is 5.75 Å². The van der Waals surface area contributed by atoms with Gasteiger partial charge in [-0.2, -0.15) is 0 Å². The number of rotatable bonds is 4. The van der Waals surface area contributed by atoms with Gasteiger partial charge in [-0.15, -0.1) is 0 Å². The summed E-state index contributed by atoms with van der Waals surface area (Å²) in [6.45, 7) is 5.76. The summed E-state index contributed by atoms with van der Waals surface area (Å²) in [4.78, 5) is 11.7. The molecule has 0 bridgehead atoms. The predicted octanol–water partition coefficient (Wildman–Crippen LogP) is 3.96. The van der Waals surface area contributed by atoms with Gasteiger partial charge in [0.15, 0.2) is 0 Å². The Morgan fingerprint density at radius 3 is 2.30 bits per heavy atom. The van der Waals surface area contributed by atoms with E-state index in [2.05, 4.69) is 5.32 Å². The Balaban J connectivity index is 1.82. The fourth-order valence-corrected chi connectivity index (χ4v) is 2.66. The second kappa shape index (κ2) is 7.68. The van der Waals surface area contributed by atoms with Gasteiger partial charge in [0.1, 0.15) is 11.4 Å². The molecule has 0 heterocycles. The van der Waals surface area contributed by atoms with Gasteiger partial charge in [-0.1, -0.05) is 0 Å². The van der Waals surface area contributed by atoms with Gasteiger partial charge in [-0.05, 0) is 76.6 Å². The van der Waals surface area contributed by atoms with E-state index in [-0.39, 0.29) is 12.7 Å². The monoisotopic (exact) mass is 321 g/mol. The van der Waals surface area contributed by atoms with Gasteiger partial charge in [0.25, 0.3) is 0 Å². The lowest BCUT2D eigenvalue weighted by molar-refractivity contribution is 0.0636. The Labute approximate surface area is 138 Å². The van der Waals surface area contributed by atoms with Crippen LogP contribution in [0.5, 0.6) is 5.75 Å². The maximum atomic E-state index is 11.7. The third kappa shape index (κ3) is 6.10. The number of hydrogen-bond acceptors (Lipinski definition) is 4. The first kappa shape index (κ1) is 17.6. The van der Waals surface area contributed by atoms with Crippen molar-refractivity contribution in [3.05, 3.63) is 24.3 Å². The highest BCUT2D eigenvalue weighted by atomic mass is 16.6. The number of nitrogens with one attached hydrogen (secondary N) is 1. The molecule has 1 saturated carbocycles. The van der Waals surface area contributed by atoms with Crippen LogP contribution in [-0.4, -0.2) is 29.5 Å². The molecule has 0 atom stereocenters. The quantitative estimate of drug-likeness (QED) is 0.880. The molecule has 0 radical (unpaired) electrons. The zero-order chi connectivity index (χ0) is 16.9. The Kier molecular flexibility index (Phi) is 5.88. The van der Waals surface area contributed by atoms with Crippen LogP contribution in [0.25, 0.3) is 0 Å². The minimum Gasteiger partial charge on any atom is -0.490 e. The van der Waals surface area contributed by atoms with Crippen molar-refractivity contribution in [3.63, 3.8) is 0 Å². The molecule has 2 N–H and O–H groups in total. The molecule has 23 heavy (non-hydrogen) atoms. The second-order valence-electron chi connectivity index (χ2n) is 7.09. The number of carbonyl (C=O) groups is 1. The average Bonchev–Trinajstić information content (AvgIpc) is 2.48. The van der Waals surface area contributed by atoms with E-state index in [0.29, 0.717) is 11.6 Å². The molecule has 1 aromatic carbocycles. The largest absolute Gasteiger partial charge is 0.490 e. The van der Waals surface area contributed by atoms with E-state index in [1.165, 1.54) is 0 Å². The van der Waals surface area contributed by atoms with Crippen LogP contribution in [0.15, 0.2) is 24.3 Å². The van der Waals surface area contributed by atoms with Crippen molar-refractivity contribution in [2.75, 3.05) is 11.9 Å². The van der Waals surface area contributed by atoms with Gasteiger partial charge in [-0.3, -0.25) is 5.32 Å². The smallest absolute Gasteiger partial charge is 0.412 e. The highest BCUT2D eigenvalue weighted by molar-refractivity contribution is 5.84. The van der Waals surface area contributed by atoms with E-state index in [0.717, 1.165) is 31.4 Å². The maximum absolute atomic E-state index is 11.7. The number of carbonyl (C=O) groups excluding carboxylic acids is 1. The van der Waals surface area contributed by atoms with Crippen LogP contribution < -0.4 is 10.1 Å². The number of hydrogen-bond donors (Lipinski definition) is 2. The molecule has 5 nitrogen and oxygen atoms in total. The van der Waals surface area contributed by atoms with Gasteiger partial charge >= 0.3 is 6.09 Å². The highest BCUT2D eigenvalue weighted by Crippen LogP contribution is 2.27. The molecule has 5 heteroatoms. The van der Waals surface area contributed by atoms with Crippen LogP contribution in [0.1, 0.15) is 46.5 Å². The standard InChI is InChI=1S/C18H27NO4/c1-18(2,3)23-17(21)19-14-6-10-16(11-7-14)22-15-8-4-13(12-20)5-9-15/h6-7,10-11,13,15,20H,4-5,8-9,12H2,1-3H3,(H,19,21). The van der Waals surface area contributed by atoms with Gasteiger partial charge in [0, 0.05) is 12.3 Å². The summed E-state index contributed by atoms with van der Waals surface area (Å²) >= 11 is 0. The average molecular weight is 321 g/mol. The van der Waals surface area contributed by atoms with E-state index in [1.807, 2.05) is 32.9 Å². The maximum Gasteiger partial charge on any atom is 0.412 e. The first-order valence-corrected chi connectivity index (χ1v) is 8.23. The zero-order valence-corrected chi connectivity index (χ0v) is 14.2. The lowest BCUT2D eigenvalue weighted by Crippen LogP contribution is -2.27. The molecule has 0 saturated heterocycles. The molecule has 1 aliphatic rings. The molecule has 2 rings (SSSR count). The van der Waals surface area contributed by atoms with E-state index in [9.17, 15) is 4.79 Å². The number of aliphatic hydroxyl groups excluding tert-OH is 1. The van der Waals surface area contributed by atoms with Crippen molar-refractivity contribution in [1.82, 2.24) is 0 Å². The van der Waals surface area contributed by atoms with Gasteiger partial charge in [0.2, 0.25) is 0 Å². The lowest BCUT2D eigenvalue weighted by atomic mass is 9.88. The van der Waals surface area contributed by atoms with Crippen molar-refractivity contribution in [2.24, 2.45) is 5.92 Å². The van der Waals surface area contributed by atoms with E-state index in [1.54, 1.807) is 12.1 Å². The van der Waals surface area contributed by atoms with Gasteiger partial charge in [-0.25, -0.2) is 4.79 Å². The van der Waals surface area contributed by atoms with Crippen molar-refractivity contribution >= 4 is 11.8 Å². The van der Waals surface area contributed by atoms with E-state index in [4.69, 9.17) is 14.6 Å². The molecule has 1 fully saturated rings. The van der Waals surface area contributed by atoms with E-state index >= 15 is 0 Å². The first-order valence-electron chi connectivity index (χ1n) is 8.23. The summed E-state index contributed by atoms with van der Waals surface area (Å²) in [5, 5.41) is 11.9. The number of anilines is 1. The minimum atomic E-state index is -0.513. The van der Waals surface area contributed by atoms with Crippen LogP contribution in [-0.2, 0) is 4.74 Å². The van der Waals surface area contributed by atoms with Crippen LogP contribution in [0, 0.1) is 5.92 Å². The Morgan fingerprint density at radius 2 is 1.78 bits per heavy atom. The predicted molar refractivity (Wildman–Crippen MR) is 89.8 cm³/mol. The number of amides is 1. The summed E-state index contributed by atoms with van der Waals surface area (Å²) in [6.07, 6.45) is 3.72. The van der Waals surface area contributed by atoms with Crippen LogP contribution in [0.2, 0.25) is 0 Å². The fourth-order valence-electron chi connectivity index (χ4n) is 2.66. The molecular weight excluding hydrogens is 294 g/mol. The molecule has 1 aromatic rings. The second-order valence-corrected chi connectivity index (χ2v) is 7.09.